The molecule has 0 radical (unpaired) electrons. The van der Waals surface area contributed by atoms with Crippen LogP contribution < -0.4 is 5.32 Å². The highest BCUT2D eigenvalue weighted by atomic mass is 15.2. The summed E-state index contributed by atoms with van der Waals surface area (Å²) in [5, 5.41) is 8.67. The Hall–Kier alpha value is -2.36. The van der Waals surface area contributed by atoms with E-state index in [1.165, 1.54) is 0 Å². The number of hydrogen-bond acceptors (Lipinski definition) is 3. The smallest absolute Gasteiger partial charge is 0.0699 e. The predicted molar refractivity (Wildman–Crippen MR) is 68.2 cm³/mol. The van der Waals surface area contributed by atoms with Crippen molar-refractivity contribution in [2.24, 2.45) is 7.05 Å². The van der Waals surface area contributed by atoms with Crippen LogP contribution in [0.3, 0.4) is 0 Å². The van der Waals surface area contributed by atoms with E-state index in [0.29, 0.717) is 0 Å². The van der Waals surface area contributed by atoms with Gasteiger partial charge in [-0.1, -0.05) is 0 Å². The number of pyridine rings is 1. The van der Waals surface area contributed by atoms with E-state index in [4.69, 9.17) is 0 Å². The molecule has 0 fully saturated rings. The second kappa shape index (κ2) is 3.90. The minimum Gasteiger partial charge on any atom is -0.354 e. The van der Waals surface area contributed by atoms with Crippen LogP contribution in [0.25, 0.3) is 10.9 Å². The van der Waals surface area contributed by atoms with Crippen molar-refractivity contribution < 1.29 is 0 Å². The molecular formula is C13H12N4. The summed E-state index contributed by atoms with van der Waals surface area (Å²) in [4.78, 5) is 4.07. The highest BCUT2D eigenvalue weighted by molar-refractivity contribution is 5.83. The van der Waals surface area contributed by atoms with Gasteiger partial charge in [-0.15, -0.1) is 0 Å². The second-order valence-electron chi connectivity index (χ2n) is 3.91. The van der Waals surface area contributed by atoms with Gasteiger partial charge in [0, 0.05) is 24.3 Å². The van der Waals surface area contributed by atoms with Gasteiger partial charge in [0.15, 0.2) is 0 Å². The first-order valence-electron chi connectivity index (χ1n) is 5.42. The molecule has 2 heterocycles. The van der Waals surface area contributed by atoms with E-state index in [1.54, 1.807) is 12.4 Å². The summed E-state index contributed by atoms with van der Waals surface area (Å²) in [6, 6.07) is 10.1. The van der Waals surface area contributed by atoms with E-state index in [2.05, 4.69) is 27.5 Å². The van der Waals surface area contributed by atoms with Crippen molar-refractivity contribution in [2.75, 3.05) is 5.32 Å². The van der Waals surface area contributed by atoms with Gasteiger partial charge in [-0.3, -0.25) is 9.67 Å². The summed E-state index contributed by atoms with van der Waals surface area (Å²) in [6.45, 7) is 0. The predicted octanol–water partition coefficient (Wildman–Crippen LogP) is 2.71. The van der Waals surface area contributed by atoms with E-state index < -0.39 is 0 Å². The molecular weight excluding hydrogens is 212 g/mol. The topological polar surface area (TPSA) is 42.7 Å². The molecule has 0 unspecified atom stereocenters. The molecule has 0 aliphatic carbocycles. The molecule has 1 N–H and O–H groups in total. The quantitative estimate of drug-likeness (QED) is 0.727. The van der Waals surface area contributed by atoms with E-state index in [9.17, 15) is 0 Å². The molecule has 84 valence electrons. The van der Waals surface area contributed by atoms with E-state index in [0.717, 1.165) is 22.3 Å². The number of fused-ring (bicyclic) bond motifs is 1. The van der Waals surface area contributed by atoms with Gasteiger partial charge < -0.3 is 5.32 Å². The fourth-order valence-corrected chi connectivity index (χ4v) is 1.83. The lowest BCUT2D eigenvalue weighted by molar-refractivity contribution is 0.797. The van der Waals surface area contributed by atoms with Crippen molar-refractivity contribution >= 4 is 22.3 Å². The maximum atomic E-state index is 4.22. The first-order valence-corrected chi connectivity index (χ1v) is 5.42. The van der Waals surface area contributed by atoms with Crippen LogP contribution in [0.15, 0.2) is 48.9 Å². The van der Waals surface area contributed by atoms with Crippen molar-refractivity contribution in [3.63, 3.8) is 0 Å². The summed E-state index contributed by atoms with van der Waals surface area (Å²) in [5.41, 5.74) is 3.13. The summed E-state index contributed by atoms with van der Waals surface area (Å²) in [7, 11) is 1.94. The zero-order valence-corrected chi connectivity index (χ0v) is 9.46. The number of rotatable bonds is 2. The number of nitrogens with one attached hydrogen (secondary N) is 1. The van der Waals surface area contributed by atoms with Crippen LogP contribution in [0.5, 0.6) is 0 Å². The maximum absolute atomic E-state index is 4.22. The van der Waals surface area contributed by atoms with Crippen LogP contribution >= 0.6 is 0 Å². The molecule has 1 aromatic carbocycles. The molecule has 0 amide bonds. The fourth-order valence-electron chi connectivity index (χ4n) is 1.83. The number of hydrogen-bond donors (Lipinski definition) is 1. The van der Waals surface area contributed by atoms with Gasteiger partial charge in [0.2, 0.25) is 0 Å². The van der Waals surface area contributed by atoms with Crippen LogP contribution in [0.1, 0.15) is 0 Å². The number of nitrogens with zero attached hydrogens (tertiary/aromatic N) is 3. The zero-order chi connectivity index (χ0) is 11.7. The molecule has 4 nitrogen and oxygen atoms in total. The standard InChI is InChI=1S/C13H12N4/c1-17-13-7-11(5-4-10(13)8-15-17)16-12-3-2-6-14-9-12/h2-9,16H,1H3. The molecule has 3 aromatic rings. The van der Waals surface area contributed by atoms with Crippen LogP contribution in [-0.2, 0) is 7.05 Å². The Kier molecular flexibility index (Phi) is 2.26. The molecule has 0 saturated carbocycles. The Morgan fingerprint density at radius 2 is 2.06 bits per heavy atom. The highest BCUT2D eigenvalue weighted by Crippen LogP contribution is 2.21. The third kappa shape index (κ3) is 1.85. The largest absolute Gasteiger partial charge is 0.354 e. The summed E-state index contributed by atoms with van der Waals surface area (Å²) < 4.78 is 1.86. The van der Waals surface area contributed by atoms with Gasteiger partial charge in [-0.2, -0.15) is 5.10 Å². The lowest BCUT2D eigenvalue weighted by Crippen LogP contribution is -1.92. The summed E-state index contributed by atoms with van der Waals surface area (Å²) in [5.74, 6) is 0. The molecule has 0 aliphatic heterocycles. The Labute approximate surface area is 98.9 Å². The maximum Gasteiger partial charge on any atom is 0.0699 e. The van der Waals surface area contributed by atoms with E-state index in [-0.39, 0.29) is 0 Å². The third-order valence-electron chi connectivity index (χ3n) is 2.70. The molecule has 0 saturated heterocycles. The first-order chi connectivity index (χ1) is 8.33. The zero-order valence-electron chi connectivity index (χ0n) is 9.46. The average molecular weight is 224 g/mol. The van der Waals surface area contributed by atoms with Gasteiger partial charge >= 0.3 is 0 Å². The van der Waals surface area contributed by atoms with E-state index >= 15 is 0 Å². The average Bonchev–Trinajstić information content (AvgIpc) is 2.73. The van der Waals surface area contributed by atoms with Gasteiger partial charge in [-0.05, 0) is 30.3 Å². The number of aryl methyl sites for hydroxylation is 1. The number of benzene rings is 1. The minimum atomic E-state index is 0.981. The molecule has 17 heavy (non-hydrogen) atoms. The van der Waals surface area contributed by atoms with Gasteiger partial charge in [-0.25, -0.2) is 0 Å². The van der Waals surface area contributed by atoms with Crippen molar-refractivity contribution in [3.8, 4) is 0 Å². The summed E-state index contributed by atoms with van der Waals surface area (Å²) >= 11 is 0. The van der Waals surface area contributed by atoms with Crippen LogP contribution in [0, 0.1) is 0 Å². The SMILES string of the molecule is Cn1ncc2ccc(Nc3cccnc3)cc21. The van der Waals surface area contributed by atoms with Gasteiger partial charge in [0.1, 0.15) is 0 Å². The Morgan fingerprint density at radius 3 is 2.88 bits per heavy atom. The fraction of sp³-hybridized carbons (Fsp3) is 0.0769. The van der Waals surface area contributed by atoms with Gasteiger partial charge in [0.05, 0.1) is 23.6 Å². The highest BCUT2D eigenvalue weighted by Gasteiger charge is 2.01. The van der Waals surface area contributed by atoms with Crippen LogP contribution in [0.4, 0.5) is 11.4 Å². The van der Waals surface area contributed by atoms with Gasteiger partial charge in [0.25, 0.3) is 0 Å². The van der Waals surface area contributed by atoms with Crippen molar-refractivity contribution in [1.29, 1.82) is 0 Å². The monoisotopic (exact) mass is 224 g/mol. The normalized spacial score (nSPS) is 10.6. The Bertz CT molecular complexity index is 643. The molecule has 0 bridgehead atoms. The van der Waals surface area contributed by atoms with Crippen molar-refractivity contribution in [3.05, 3.63) is 48.9 Å². The lowest BCUT2D eigenvalue weighted by Gasteiger charge is -2.06. The van der Waals surface area contributed by atoms with E-state index in [1.807, 2.05) is 36.1 Å². The first kappa shape index (κ1) is 9.84. The Morgan fingerprint density at radius 1 is 1.12 bits per heavy atom. The third-order valence-corrected chi connectivity index (χ3v) is 2.70. The number of anilines is 2. The molecule has 2 aromatic heterocycles. The van der Waals surface area contributed by atoms with Crippen LogP contribution in [-0.4, -0.2) is 14.8 Å². The molecule has 0 atom stereocenters. The number of aromatic nitrogens is 3. The van der Waals surface area contributed by atoms with Crippen molar-refractivity contribution in [2.45, 2.75) is 0 Å². The molecule has 3 rings (SSSR count). The Balaban J connectivity index is 1.98. The van der Waals surface area contributed by atoms with Crippen molar-refractivity contribution in [1.82, 2.24) is 14.8 Å². The molecule has 0 spiro atoms. The molecule has 4 heteroatoms. The lowest BCUT2D eigenvalue weighted by atomic mass is 10.2. The molecule has 0 aliphatic rings. The second-order valence-corrected chi connectivity index (χ2v) is 3.91. The summed E-state index contributed by atoms with van der Waals surface area (Å²) in [6.07, 6.45) is 5.42. The minimum absolute atomic E-state index is 0.981. The van der Waals surface area contributed by atoms with Crippen LogP contribution in [0.2, 0.25) is 0 Å².